The number of carbonyl (C=O) groups is 2. The first-order chi connectivity index (χ1) is 14.1. The number of halogens is 6. The van der Waals surface area contributed by atoms with Gasteiger partial charge in [-0.05, 0) is 37.7 Å². The van der Waals surface area contributed by atoms with Crippen molar-refractivity contribution in [1.29, 1.82) is 0 Å². The number of carbonyl (C=O) groups excluding carboxylic acids is 2. The van der Waals surface area contributed by atoms with E-state index >= 15 is 0 Å². The zero-order valence-electron chi connectivity index (χ0n) is 15.9. The lowest BCUT2D eigenvalue weighted by molar-refractivity contribution is -0.184. The van der Waals surface area contributed by atoms with E-state index < -0.39 is 46.7 Å². The minimum atomic E-state index is -4.31. The predicted molar refractivity (Wildman–Crippen MR) is 98.7 cm³/mol. The molecule has 2 fully saturated rings. The number of nitrogens with zero attached hydrogens (tertiary/aromatic N) is 1. The summed E-state index contributed by atoms with van der Waals surface area (Å²) in [6.45, 7) is 0.300. The molecule has 0 bridgehead atoms. The first-order valence-corrected chi connectivity index (χ1v) is 9.98. The summed E-state index contributed by atoms with van der Waals surface area (Å²) in [6, 6.07) is 0.443. The number of hydrogen-bond donors (Lipinski definition) is 2. The maximum Gasteiger partial charge on any atom is 0.391 e. The Kier molecular flexibility index (Phi) is 6.74. The Morgan fingerprint density at radius 1 is 1.20 bits per heavy atom. The molecule has 30 heavy (non-hydrogen) atoms. The van der Waals surface area contributed by atoms with Gasteiger partial charge in [0.1, 0.15) is 23.2 Å². The van der Waals surface area contributed by atoms with Gasteiger partial charge in [0.15, 0.2) is 0 Å². The molecule has 1 heterocycles. The van der Waals surface area contributed by atoms with E-state index in [1.165, 1.54) is 4.90 Å². The zero-order chi connectivity index (χ0) is 22.1. The molecular weight excluding hydrogens is 433 g/mol. The quantitative estimate of drug-likeness (QED) is 0.533. The Labute approximate surface area is 174 Å². The molecule has 2 aliphatic rings. The van der Waals surface area contributed by atoms with Crippen molar-refractivity contribution in [3.8, 4) is 0 Å². The van der Waals surface area contributed by atoms with E-state index in [1.807, 2.05) is 0 Å². The molecule has 166 valence electrons. The molecule has 3 rings (SSSR count). The van der Waals surface area contributed by atoms with Gasteiger partial charge in [-0.25, -0.2) is 13.6 Å². The Bertz CT molecular complexity index is 812. The molecule has 3 amide bonds. The third-order valence-corrected chi connectivity index (χ3v) is 6.06. The molecule has 5 nitrogen and oxygen atoms in total. The van der Waals surface area contributed by atoms with E-state index in [-0.39, 0.29) is 56.8 Å². The van der Waals surface area contributed by atoms with Crippen LogP contribution in [0.25, 0.3) is 0 Å². The lowest BCUT2D eigenvalue weighted by atomic mass is 9.76. The summed E-state index contributed by atoms with van der Waals surface area (Å²) in [6.07, 6.45) is -4.41. The lowest BCUT2D eigenvalue weighted by Gasteiger charge is -2.37. The first kappa shape index (κ1) is 22.6. The van der Waals surface area contributed by atoms with Crippen LogP contribution in [0.3, 0.4) is 0 Å². The Hall–Kier alpha value is -2.10. The minimum absolute atomic E-state index is 0.0910. The van der Waals surface area contributed by atoms with Gasteiger partial charge < -0.3 is 15.5 Å². The van der Waals surface area contributed by atoms with Gasteiger partial charge in [-0.1, -0.05) is 17.7 Å². The third-order valence-electron chi connectivity index (χ3n) is 5.71. The van der Waals surface area contributed by atoms with E-state index in [2.05, 4.69) is 10.6 Å². The van der Waals surface area contributed by atoms with Crippen LogP contribution in [0, 0.1) is 23.5 Å². The molecular formula is C19H21ClF5N3O2. The fraction of sp³-hybridized carbons (Fsp3) is 0.579. The summed E-state index contributed by atoms with van der Waals surface area (Å²) in [7, 11) is 0. The maximum atomic E-state index is 14.7. The van der Waals surface area contributed by atoms with Crippen LogP contribution in [0.1, 0.15) is 37.3 Å². The second kappa shape index (κ2) is 8.95. The van der Waals surface area contributed by atoms with Gasteiger partial charge >= 0.3 is 12.2 Å². The van der Waals surface area contributed by atoms with E-state index in [4.69, 9.17) is 11.6 Å². The molecule has 1 aromatic rings. The number of alkyl halides is 3. The molecule has 1 saturated heterocycles. The van der Waals surface area contributed by atoms with Crippen LogP contribution in [0.15, 0.2) is 12.1 Å². The molecule has 0 radical (unpaired) electrons. The van der Waals surface area contributed by atoms with Gasteiger partial charge in [0.05, 0.1) is 12.0 Å². The molecule has 1 aromatic carbocycles. The maximum absolute atomic E-state index is 14.7. The van der Waals surface area contributed by atoms with E-state index in [0.29, 0.717) is 0 Å². The summed E-state index contributed by atoms with van der Waals surface area (Å²) in [5.74, 6) is -4.33. The second-order valence-electron chi connectivity index (χ2n) is 7.62. The van der Waals surface area contributed by atoms with Crippen LogP contribution < -0.4 is 10.6 Å². The number of urea groups is 1. The lowest BCUT2D eigenvalue weighted by Crippen LogP contribution is -2.54. The number of benzene rings is 1. The van der Waals surface area contributed by atoms with Crippen LogP contribution in [-0.2, 0) is 4.79 Å². The van der Waals surface area contributed by atoms with Crippen LogP contribution >= 0.6 is 11.6 Å². The van der Waals surface area contributed by atoms with Gasteiger partial charge in [-0.15, -0.1) is 0 Å². The van der Waals surface area contributed by atoms with Gasteiger partial charge in [-0.3, -0.25) is 4.79 Å². The highest BCUT2D eigenvalue weighted by molar-refractivity contribution is 6.31. The van der Waals surface area contributed by atoms with Gasteiger partial charge in [0.2, 0.25) is 5.91 Å². The summed E-state index contributed by atoms with van der Waals surface area (Å²) in [5.41, 5.74) is -0.0910. The molecule has 11 heteroatoms. The number of rotatable bonds is 3. The summed E-state index contributed by atoms with van der Waals surface area (Å²) < 4.78 is 67.3. The zero-order valence-corrected chi connectivity index (χ0v) is 16.6. The Morgan fingerprint density at radius 3 is 2.47 bits per heavy atom. The molecule has 1 atom stereocenters. The van der Waals surface area contributed by atoms with Crippen molar-refractivity contribution >= 4 is 23.5 Å². The number of hydrogen-bond acceptors (Lipinski definition) is 2. The molecule has 2 N–H and O–H groups in total. The highest BCUT2D eigenvalue weighted by atomic mass is 35.5. The highest BCUT2D eigenvalue weighted by Crippen LogP contribution is 2.44. The molecule has 0 aromatic heterocycles. The fourth-order valence-corrected chi connectivity index (χ4v) is 4.22. The van der Waals surface area contributed by atoms with Crippen molar-refractivity contribution in [2.24, 2.45) is 11.8 Å². The third kappa shape index (κ3) is 4.96. The monoisotopic (exact) mass is 453 g/mol. The SMILES string of the molecule is O=C1CN(C(=O)NC(c2ccc(F)c(Cl)c2F)[C@H]2CC[C@H](C(F)(F)F)CC2)CCN1. The average molecular weight is 454 g/mol. The smallest absolute Gasteiger partial charge is 0.353 e. The van der Waals surface area contributed by atoms with Crippen molar-refractivity contribution < 1.29 is 31.5 Å². The standard InChI is InChI=1S/C19H21ClF5N3O2/c20-15-13(21)6-5-12(16(15)22)17(10-1-3-11(4-2-10)19(23,24)25)27-18(30)28-8-7-26-14(29)9-28/h5-6,10-11,17H,1-4,7-9H2,(H,26,29)(H,27,30)/t10-,11-,17?. The van der Waals surface area contributed by atoms with Crippen molar-refractivity contribution in [3.63, 3.8) is 0 Å². The second-order valence-corrected chi connectivity index (χ2v) is 7.99. The van der Waals surface area contributed by atoms with Gasteiger partial charge in [-0.2, -0.15) is 13.2 Å². The number of amides is 3. The molecule has 0 spiro atoms. The normalized spacial score (nSPS) is 23.7. The highest BCUT2D eigenvalue weighted by Gasteiger charge is 2.43. The minimum Gasteiger partial charge on any atom is -0.353 e. The fourth-order valence-electron chi connectivity index (χ4n) is 4.05. The van der Waals surface area contributed by atoms with Crippen LogP contribution in [0.2, 0.25) is 5.02 Å². The van der Waals surface area contributed by atoms with E-state index in [1.54, 1.807) is 0 Å². The number of piperazine rings is 1. The predicted octanol–water partition coefficient (Wildman–Crippen LogP) is 4.17. The topological polar surface area (TPSA) is 61.4 Å². The van der Waals surface area contributed by atoms with E-state index in [9.17, 15) is 31.5 Å². The van der Waals surface area contributed by atoms with Crippen LogP contribution in [0.5, 0.6) is 0 Å². The van der Waals surface area contributed by atoms with Crippen LogP contribution in [-0.4, -0.2) is 42.6 Å². The first-order valence-electron chi connectivity index (χ1n) is 9.60. The van der Waals surface area contributed by atoms with Crippen molar-refractivity contribution in [3.05, 3.63) is 34.4 Å². The molecule has 1 aliphatic carbocycles. The van der Waals surface area contributed by atoms with Crippen molar-refractivity contribution in [2.45, 2.75) is 37.9 Å². The largest absolute Gasteiger partial charge is 0.391 e. The molecule has 1 aliphatic heterocycles. The summed E-state index contributed by atoms with van der Waals surface area (Å²) in [5, 5.41) is 4.47. The summed E-state index contributed by atoms with van der Waals surface area (Å²) >= 11 is 5.68. The number of nitrogens with one attached hydrogen (secondary N) is 2. The van der Waals surface area contributed by atoms with Crippen LogP contribution in [0.4, 0.5) is 26.7 Å². The Balaban J connectivity index is 1.83. The average Bonchev–Trinajstić information content (AvgIpc) is 2.70. The van der Waals surface area contributed by atoms with E-state index in [0.717, 1.165) is 12.1 Å². The molecule has 1 unspecified atom stereocenters. The summed E-state index contributed by atoms with van der Waals surface area (Å²) in [4.78, 5) is 25.5. The van der Waals surface area contributed by atoms with Gasteiger partial charge in [0, 0.05) is 18.7 Å². The van der Waals surface area contributed by atoms with Gasteiger partial charge in [0.25, 0.3) is 0 Å². The van der Waals surface area contributed by atoms with Crippen molar-refractivity contribution in [2.75, 3.05) is 19.6 Å². The Morgan fingerprint density at radius 2 is 1.87 bits per heavy atom. The van der Waals surface area contributed by atoms with Crippen molar-refractivity contribution in [1.82, 2.24) is 15.5 Å². The molecule has 1 saturated carbocycles.